The molecule has 0 unspecified atom stereocenters. The van der Waals surface area contributed by atoms with Crippen LogP contribution in [0.3, 0.4) is 0 Å². The van der Waals surface area contributed by atoms with Gasteiger partial charge in [0.05, 0.1) is 20.1 Å². The van der Waals surface area contributed by atoms with Crippen LogP contribution in [-0.2, 0) is 17.8 Å². The molecule has 0 saturated carbocycles. The van der Waals surface area contributed by atoms with Crippen LogP contribution in [0.4, 0.5) is 0 Å². The summed E-state index contributed by atoms with van der Waals surface area (Å²) in [5.41, 5.74) is 1.83. The highest BCUT2D eigenvalue weighted by Crippen LogP contribution is 2.28. The Morgan fingerprint density at radius 1 is 1.11 bits per heavy atom. The molecular weight excluding hydrogens is 384 g/mol. The van der Waals surface area contributed by atoms with E-state index in [4.69, 9.17) is 33.3 Å². The minimum absolute atomic E-state index is 0.185. The third-order valence-corrected chi connectivity index (χ3v) is 4.17. The van der Waals surface area contributed by atoms with E-state index in [1.165, 1.54) is 0 Å². The van der Waals surface area contributed by atoms with Gasteiger partial charge in [-0.05, 0) is 54.0 Å². The van der Waals surface area contributed by atoms with E-state index in [0.717, 1.165) is 17.5 Å². The number of carbonyl (C=O) groups excluding carboxylic acids is 1. The van der Waals surface area contributed by atoms with Gasteiger partial charge in [-0.3, -0.25) is 4.79 Å². The van der Waals surface area contributed by atoms with Gasteiger partial charge in [0, 0.05) is 11.6 Å². The number of amides is 1. The van der Waals surface area contributed by atoms with Crippen molar-refractivity contribution < 1.29 is 14.3 Å². The minimum Gasteiger partial charge on any atom is -0.493 e. The zero-order valence-corrected chi connectivity index (χ0v) is 17.0. The number of nitrogens with one attached hydrogen (secondary N) is 2. The molecule has 0 saturated heterocycles. The fourth-order valence-electron chi connectivity index (χ4n) is 2.34. The SMILES string of the molecule is CCCOc1ccc(CNC(=S)NC(=O)Cc2ccc(Cl)cc2)cc1OC. The van der Waals surface area contributed by atoms with E-state index in [0.29, 0.717) is 29.7 Å². The molecule has 0 bridgehead atoms. The molecular formula is C20H23ClN2O3S. The number of methoxy groups -OCH3 is 1. The molecule has 2 aromatic rings. The minimum atomic E-state index is -0.185. The summed E-state index contributed by atoms with van der Waals surface area (Å²) in [5, 5.41) is 6.61. The van der Waals surface area contributed by atoms with Gasteiger partial charge in [-0.25, -0.2) is 0 Å². The van der Waals surface area contributed by atoms with E-state index < -0.39 is 0 Å². The lowest BCUT2D eigenvalue weighted by Gasteiger charge is -2.13. The number of benzene rings is 2. The van der Waals surface area contributed by atoms with Crippen LogP contribution in [0.2, 0.25) is 5.02 Å². The Kier molecular flexibility index (Phi) is 8.36. The first-order chi connectivity index (χ1) is 13.0. The Morgan fingerprint density at radius 2 is 1.81 bits per heavy atom. The van der Waals surface area contributed by atoms with Gasteiger partial charge >= 0.3 is 0 Å². The number of hydrogen-bond donors (Lipinski definition) is 2. The van der Waals surface area contributed by atoms with Gasteiger partial charge in [0.2, 0.25) is 5.91 Å². The molecule has 0 fully saturated rings. The van der Waals surface area contributed by atoms with Crippen molar-refractivity contribution in [3.05, 3.63) is 58.6 Å². The summed E-state index contributed by atoms with van der Waals surface area (Å²) in [5.74, 6) is 1.19. The summed E-state index contributed by atoms with van der Waals surface area (Å²) in [7, 11) is 1.60. The van der Waals surface area contributed by atoms with E-state index in [1.54, 1.807) is 19.2 Å². The maximum atomic E-state index is 12.1. The predicted octanol–water partition coefficient (Wildman–Crippen LogP) is 3.87. The van der Waals surface area contributed by atoms with E-state index >= 15 is 0 Å². The molecule has 1 amide bonds. The number of thiocarbonyl (C=S) groups is 1. The zero-order chi connectivity index (χ0) is 19.6. The highest BCUT2D eigenvalue weighted by atomic mass is 35.5. The fourth-order valence-corrected chi connectivity index (χ4v) is 2.65. The van der Waals surface area contributed by atoms with Crippen molar-refractivity contribution in [1.29, 1.82) is 0 Å². The van der Waals surface area contributed by atoms with Gasteiger partial charge in [0.15, 0.2) is 16.6 Å². The summed E-state index contributed by atoms with van der Waals surface area (Å²) in [4.78, 5) is 12.1. The average Bonchev–Trinajstić information content (AvgIpc) is 2.66. The molecule has 0 radical (unpaired) electrons. The molecule has 0 aliphatic carbocycles. The van der Waals surface area contributed by atoms with Crippen LogP contribution in [0.1, 0.15) is 24.5 Å². The fraction of sp³-hybridized carbons (Fsp3) is 0.300. The lowest BCUT2D eigenvalue weighted by atomic mass is 10.1. The van der Waals surface area contributed by atoms with Crippen LogP contribution < -0.4 is 20.1 Å². The summed E-state index contributed by atoms with van der Waals surface area (Å²) in [6, 6.07) is 12.8. The van der Waals surface area contributed by atoms with Gasteiger partial charge in [-0.2, -0.15) is 0 Å². The van der Waals surface area contributed by atoms with Gasteiger partial charge in [0.25, 0.3) is 0 Å². The Labute approximate surface area is 170 Å². The molecule has 0 heterocycles. The number of carbonyl (C=O) groups is 1. The molecule has 2 N–H and O–H groups in total. The molecule has 5 nitrogen and oxygen atoms in total. The van der Waals surface area contributed by atoms with Crippen molar-refractivity contribution in [1.82, 2.24) is 10.6 Å². The second-order valence-electron chi connectivity index (χ2n) is 5.87. The van der Waals surface area contributed by atoms with Crippen LogP contribution in [0.5, 0.6) is 11.5 Å². The molecule has 0 aliphatic heterocycles. The number of rotatable bonds is 8. The van der Waals surface area contributed by atoms with Crippen LogP contribution in [-0.4, -0.2) is 24.7 Å². The van der Waals surface area contributed by atoms with E-state index in [1.807, 2.05) is 37.3 Å². The predicted molar refractivity (Wildman–Crippen MR) is 112 cm³/mol. The Bertz CT molecular complexity index is 781. The first kappa shape index (κ1) is 21.0. The van der Waals surface area contributed by atoms with Gasteiger partial charge < -0.3 is 20.1 Å². The normalized spacial score (nSPS) is 10.2. The van der Waals surface area contributed by atoms with Crippen LogP contribution in [0.15, 0.2) is 42.5 Å². The summed E-state index contributed by atoms with van der Waals surface area (Å²) < 4.78 is 11.0. The number of halogens is 1. The topological polar surface area (TPSA) is 59.6 Å². The smallest absolute Gasteiger partial charge is 0.230 e. The maximum Gasteiger partial charge on any atom is 0.230 e. The van der Waals surface area contributed by atoms with Crippen LogP contribution in [0.25, 0.3) is 0 Å². The lowest BCUT2D eigenvalue weighted by Crippen LogP contribution is -2.39. The standard InChI is InChI=1S/C20H23ClN2O3S/c1-3-10-26-17-9-6-15(11-18(17)25-2)13-22-20(27)23-19(24)12-14-4-7-16(21)8-5-14/h4-9,11H,3,10,12-13H2,1-2H3,(H2,22,23,24,27). The Morgan fingerprint density at radius 3 is 2.48 bits per heavy atom. The summed E-state index contributed by atoms with van der Waals surface area (Å²) in [6.45, 7) is 3.15. The molecule has 0 aromatic heterocycles. The summed E-state index contributed by atoms with van der Waals surface area (Å²) >= 11 is 11.0. The van der Waals surface area contributed by atoms with Crippen molar-refractivity contribution in [3.8, 4) is 11.5 Å². The van der Waals surface area contributed by atoms with Crippen LogP contribution in [0, 0.1) is 0 Å². The molecule has 2 rings (SSSR count). The highest BCUT2D eigenvalue weighted by Gasteiger charge is 2.08. The van der Waals surface area contributed by atoms with Gasteiger partial charge in [0.1, 0.15) is 0 Å². The Balaban J connectivity index is 1.83. The maximum absolute atomic E-state index is 12.1. The van der Waals surface area contributed by atoms with Crippen molar-refractivity contribution in [2.24, 2.45) is 0 Å². The first-order valence-electron chi connectivity index (χ1n) is 8.63. The molecule has 0 aliphatic rings. The number of ether oxygens (including phenoxy) is 2. The second kappa shape index (κ2) is 10.7. The van der Waals surface area contributed by atoms with E-state index in [2.05, 4.69) is 10.6 Å². The largest absolute Gasteiger partial charge is 0.493 e. The highest BCUT2D eigenvalue weighted by molar-refractivity contribution is 7.80. The van der Waals surface area contributed by atoms with Crippen LogP contribution >= 0.6 is 23.8 Å². The first-order valence-corrected chi connectivity index (χ1v) is 9.42. The Hall–Kier alpha value is -2.31. The lowest BCUT2D eigenvalue weighted by molar-refractivity contribution is -0.119. The van der Waals surface area contributed by atoms with Gasteiger partial charge in [-0.1, -0.05) is 36.7 Å². The van der Waals surface area contributed by atoms with E-state index in [-0.39, 0.29) is 17.4 Å². The average molecular weight is 407 g/mol. The molecule has 144 valence electrons. The van der Waals surface area contributed by atoms with Crippen molar-refractivity contribution in [3.63, 3.8) is 0 Å². The summed E-state index contributed by atoms with van der Waals surface area (Å²) in [6.07, 6.45) is 1.16. The zero-order valence-electron chi connectivity index (χ0n) is 15.4. The quantitative estimate of drug-likeness (QED) is 0.651. The van der Waals surface area contributed by atoms with E-state index in [9.17, 15) is 4.79 Å². The molecule has 2 aromatic carbocycles. The molecule has 7 heteroatoms. The molecule has 0 atom stereocenters. The third-order valence-electron chi connectivity index (χ3n) is 3.67. The molecule has 27 heavy (non-hydrogen) atoms. The monoisotopic (exact) mass is 406 g/mol. The van der Waals surface area contributed by atoms with Gasteiger partial charge in [-0.15, -0.1) is 0 Å². The van der Waals surface area contributed by atoms with Crippen molar-refractivity contribution >= 4 is 34.8 Å². The second-order valence-corrected chi connectivity index (χ2v) is 6.71. The van der Waals surface area contributed by atoms with Crippen molar-refractivity contribution in [2.45, 2.75) is 26.3 Å². The van der Waals surface area contributed by atoms with Crippen molar-refractivity contribution in [2.75, 3.05) is 13.7 Å². The number of hydrogen-bond acceptors (Lipinski definition) is 4. The molecule has 0 spiro atoms. The third kappa shape index (κ3) is 7.07.